The summed E-state index contributed by atoms with van der Waals surface area (Å²) in [5, 5.41) is 7.54. The number of nitrogens with zero attached hydrogens (tertiary/aromatic N) is 4. The molecule has 0 bridgehead atoms. The highest BCUT2D eigenvalue weighted by Gasteiger charge is 2.49. The maximum Gasteiger partial charge on any atom is 0.346 e. The van der Waals surface area contributed by atoms with Crippen LogP contribution < -0.4 is 10.1 Å². The number of para-hydroxylation sites is 2. The quantitative estimate of drug-likeness (QED) is 0.558. The van der Waals surface area contributed by atoms with Crippen molar-refractivity contribution < 1.29 is 14.3 Å². The van der Waals surface area contributed by atoms with Gasteiger partial charge in [0, 0.05) is 0 Å². The second-order valence-corrected chi connectivity index (χ2v) is 6.43. The maximum absolute atomic E-state index is 12.9. The molecule has 3 amide bonds. The van der Waals surface area contributed by atoms with Crippen LogP contribution in [0.2, 0.25) is 0 Å². The van der Waals surface area contributed by atoms with Gasteiger partial charge in [0.15, 0.2) is 0 Å². The average Bonchev–Trinajstić information content (AvgIpc) is 2.95. The number of fused-ring (bicyclic) bond motifs is 1. The van der Waals surface area contributed by atoms with Crippen molar-refractivity contribution in [2.24, 2.45) is 5.10 Å². The minimum Gasteiger partial charge on any atom is -0.497 e. The van der Waals surface area contributed by atoms with E-state index in [1.807, 2.05) is 24.3 Å². The Bertz CT molecular complexity index is 1100. The third kappa shape index (κ3) is 2.94. The molecule has 0 unspecified atom stereocenters. The van der Waals surface area contributed by atoms with Gasteiger partial charge in [-0.2, -0.15) is 5.10 Å². The number of aromatic nitrogens is 2. The van der Waals surface area contributed by atoms with Gasteiger partial charge in [0.1, 0.15) is 17.0 Å². The number of amides is 3. The van der Waals surface area contributed by atoms with Crippen LogP contribution >= 0.6 is 0 Å². The van der Waals surface area contributed by atoms with E-state index in [-0.39, 0.29) is 0 Å². The number of rotatable bonds is 4. The first-order chi connectivity index (χ1) is 13.5. The number of hydrazone groups is 1. The Morgan fingerprint density at radius 3 is 2.54 bits per heavy atom. The summed E-state index contributed by atoms with van der Waals surface area (Å²) in [5.74, 6) is 0.182. The van der Waals surface area contributed by atoms with Crippen LogP contribution in [0.3, 0.4) is 0 Å². The zero-order valence-corrected chi connectivity index (χ0v) is 15.3. The number of hydrogen-bond acceptors (Lipinski definition) is 6. The molecule has 2 heterocycles. The Morgan fingerprint density at radius 2 is 1.82 bits per heavy atom. The fourth-order valence-corrected chi connectivity index (χ4v) is 3.00. The van der Waals surface area contributed by atoms with Crippen LogP contribution in [0.5, 0.6) is 5.75 Å². The van der Waals surface area contributed by atoms with E-state index in [9.17, 15) is 9.59 Å². The lowest BCUT2D eigenvalue weighted by Crippen LogP contribution is -2.40. The second-order valence-electron chi connectivity index (χ2n) is 6.43. The van der Waals surface area contributed by atoms with Gasteiger partial charge in [-0.3, -0.25) is 9.78 Å². The predicted molar refractivity (Wildman–Crippen MR) is 103 cm³/mol. The van der Waals surface area contributed by atoms with Gasteiger partial charge >= 0.3 is 6.03 Å². The first-order valence-electron chi connectivity index (χ1n) is 8.58. The summed E-state index contributed by atoms with van der Waals surface area (Å²) < 4.78 is 5.13. The third-order valence-corrected chi connectivity index (χ3v) is 4.61. The van der Waals surface area contributed by atoms with Crippen molar-refractivity contribution in [3.05, 3.63) is 66.0 Å². The number of ether oxygens (including phenoxy) is 1. The summed E-state index contributed by atoms with van der Waals surface area (Å²) >= 11 is 0. The normalized spacial score (nSPS) is 19.4. The van der Waals surface area contributed by atoms with Crippen LogP contribution in [0.4, 0.5) is 4.79 Å². The molecule has 1 saturated heterocycles. The summed E-state index contributed by atoms with van der Waals surface area (Å²) in [7, 11) is 1.56. The van der Waals surface area contributed by atoms with Crippen LogP contribution in [-0.2, 0) is 10.3 Å². The van der Waals surface area contributed by atoms with Crippen molar-refractivity contribution in [3.63, 3.8) is 0 Å². The van der Waals surface area contributed by atoms with Gasteiger partial charge in [-0.1, -0.05) is 24.3 Å². The fraction of sp³-hybridized carbons (Fsp3) is 0.150. The van der Waals surface area contributed by atoms with Gasteiger partial charge in [-0.25, -0.2) is 9.78 Å². The zero-order chi connectivity index (χ0) is 19.7. The Balaban J connectivity index is 1.60. The van der Waals surface area contributed by atoms with Gasteiger partial charge in [-0.15, -0.1) is 5.01 Å². The monoisotopic (exact) mass is 375 g/mol. The van der Waals surface area contributed by atoms with Crippen molar-refractivity contribution in [3.8, 4) is 5.75 Å². The van der Waals surface area contributed by atoms with Crippen LogP contribution in [0, 0.1) is 0 Å². The van der Waals surface area contributed by atoms with Crippen molar-refractivity contribution in [1.29, 1.82) is 0 Å². The lowest BCUT2D eigenvalue weighted by Gasteiger charge is -2.21. The van der Waals surface area contributed by atoms with E-state index in [1.165, 1.54) is 12.4 Å². The van der Waals surface area contributed by atoms with Gasteiger partial charge in [-0.05, 0) is 36.8 Å². The number of nitrogens with one attached hydrogen (secondary N) is 1. The first-order valence-corrected chi connectivity index (χ1v) is 8.58. The smallest absolute Gasteiger partial charge is 0.346 e. The van der Waals surface area contributed by atoms with Crippen molar-refractivity contribution in [2.75, 3.05) is 7.11 Å². The highest BCUT2D eigenvalue weighted by atomic mass is 16.5. The molecule has 0 spiro atoms. The minimum atomic E-state index is -1.21. The highest BCUT2D eigenvalue weighted by Crippen LogP contribution is 2.30. The molecular weight excluding hydrogens is 358 g/mol. The molecular formula is C20H17N5O3. The molecule has 1 aromatic heterocycles. The van der Waals surface area contributed by atoms with E-state index in [0.29, 0.717) is 22.5 Å². The van der Waals surface area contributed by atoms with Crippen molar-refractivity contribution >= 4 is 29.2 Å². The molecule has 0 saturated carbocycles. The molecule has 1 fully saturated rings. The molecule has 1 aliphatic rings. The van der Waals surface area contributed by atoms with E-state index >= 15 is 0 Å². The molecule has 1 N–H and O–H groups in total. The lowest BCUT2D eigenvalue weighted by atomic mass is 9.92. The van der Waals surface area contributed by atoms with Crippen molar-refractivity contribution in [2.45, 2.75) is 12.5 Å². The van der Waals surface area contributed by atoms with Crippen LogP contribution in [-0.4, -0.2) is 40.2 Å². The fourth-order valence-electron chi connectivity index (χ4n) is 3.00. The summed E-state index contributed by atoms with van der Waals surface area (Å²) in [6, 6.07) is 13.7. The summed E-state index contributed by atoms with van der Waals surface area (Å²) in [4.78, 5) is 33.9. The molecule has 1 atom stereocenters. The SMILES string of the molecule is COc1ccc([C@@]2(C)NC(=O)N(/N=C\c3cnc4ccccc4n3)C2=O)cc1. The second kappa shape index (κ2) is 6.73. The summed E-state index contributed by atoms with van der Waals surface area (Å²) in [6.45, 7) is 1.64. The summed E-state index contributed by atoms with van der Waals surface area (Å²) in [5.41, 5.74) is 1.32. The minimum absolute atomic E-state index is 0.442. The number of hydrogen-bond donors (Lipinski definition) is 1. The molecule has 0 radical (unpaired) electrons. The Labute approximate surface area is 160 Å². The van der Waals surface area contributed by atoms with E-state index in [2.05, 4.69) is 20.4 Å². The third-order valence-electron chi connectivity index (χ3n) is 4.61. The van der Waals surface area contributed by atoms with E-state index < -0.39 is 17.5 Å². The number of carbonyl (C=O) groups excluding carboxylic acids is 2. The Kier molecular flexibility index (Phi) is 4.23. The maximum atomic E-state index is 12.9. The lowest BCUT2D eigenvalue weighted by molar-refractivity contribution is -0.131. The molecule has 4 rings (SSSR count). The topological polar surface area (TPSA) is 96.8 Å². The van der Waals surface area contributed by atoms with E-state index in [0.717, 1.165) is 10.5 Å². The molecule has 0 aliphatic carbocycles. The van der Waals surface area contributed by atoms with E-state index in [1.54, 1.807) is 38.3 Å². The molecule has 8 nitrogen and oxygen atoms in total. The Morgan fingerprint density at radius 1 is 1.11 bits per heavy atom. The molecule has 3 aromatic rings. The van der Waals surface area contributed by atoms with Crippen LogP contribution in [0.15, 0.2) is 59.8 Å². The molecule has 28 heavy (non-hydrogen) atoms. The van der Waals surface area contributed by atoms with Gasteiger partial charge in [0.05, 0.1) is 30.6 Å². The van der Waals surface area contributed by atoms with Gasteiger partial charge in [0.25, 0.3) is 5.91 Å². The number of urea groups is 1. The van der Waals surface area contributed by atoms with Crippen LogP contribution in [0.25, 0.3) is 11.0 Å². The molecule has 1 aliphatic heterocycles. The highest BCUT2D eigenvalue weighted by molar-refractivity contribution is 6.07. The molecule has 8 heteroatoms. The van der Waals surface area contributed by atoms with E-state index in [4.69, 9.17) is 4.74 Å². The Hall–Kier alpha value is -3.81. The van der Waals surface area contributed by atoms with Crippen LogP contribution in [0.1, 0.15) is 18.2 Å². The number of methoxy groups -OCH3 is 1. The average molecular weight is 375 g/mol. The first kappa shape index (κ1) is 17.6. The van der Waals surface area contributed by atoms with Gasteiger partial charge < -0.3 is 10.1 Å². The standard InChI is InChI=1S/C20H17N5O3/c1-20(13-7-9-15(28-2)10-8-13)18(26)25(19(27)24-20)22-12-14-11-21-16-5-3-4-6-17(16)23-14/h3-12H,1-2H3,(H,24,27)/b22-12-/t20-/m1/s1. The number of imide groups is 1. The predicted octanol–water partition coefficient (Wildman–Crippen LogP) is 2.44. The molecule has 140 valence electrons. The van der Waals surface area contributed by atoms with Crippen molar-refractivity contribution in [1.82, 2.24) is 20.3 Å². The zero-order valence-electron chi connectivity index (χ0n) is 15.3. The number of carbonyl (C=O) groups is 2. The number of benzene rings is 2. The largest absolute Gasteiger partial charge is 0.497 e. The summed E-state index contributed by atoms with van der Waals surface area (Å²) in [6.07, 6.45) is 2.88. The molecule has 2 aromatic carbocycles. The van der Waals surface area contributed by atoms with Gasteiger partial charge in [0.2, 0.25) is 0 Å².